The van der Waals surface area contributed by atoms with E-state index in [9.17, 15) is 4.79 Å². The van der Waals surface area contributed by atoms with Gasteiger partial charge in [-0.2, -0.15) is 0 Å². The normalized spacial score (nSPS) is 15.8. The van der Waals surface area contributed by atoms with Gasteiger partial charge in [-0.3, -0.25) is 9.78 Å². The van der Waals surface area contributed by atoms with Crippen molar-refractivity contribution in [2.24, 2.45) is 0 Å². The molecule has 0 spiro atoms. The summed E-state index contributed by atoms with van der Waals surface area (Å²) in [7, 11) is 0. The fourth-order valence-electron chi connectivity index (χ4n) is 2.74. The van der Waals surface area contributed by atoms with Crippen LogP contribution in [0, 0.1) is 0 Å². The zero-order valence-corrected chi connectivity index (χ0v) is 11.0. The first-order valence-electron chi connectivity index (χ1n) is 6.89. The van der Waals surface area contributed by atoms with Crippen molar-refractivity contribution in [1.82, 2.24) is 4.98 Å². The zero-order valence-electron chi connectivity index (χ0n) is 11.0. The summed E-state index contributed by atoms with van der Waals surface area (Å²) in [5.74, 6) is 0.544. The lowest BCUT2D eigenvalue weighted by atomic mass is 9.93. The molecule has 0 N–H and O–H groups in total. The van der Waals surface area contributed by atoms with Crippen molar-refractivity contribution in [3.05, 3.63) is 29.6 Å². The Bertz CT molecular complexity index is 397. The van der Waals surface area contributed by atoms with Gasteiger partial charge in [-0.15, -0.1) is 0 Å². The minimum absolute atomic E-state index is 0.105. The van der Waals surface area contributed by atoms with Gasteiger partial charge >= 0.3 is 5.97 Å². The predicted octanol–water partition coefficient (Wildman–Crippen LogP) is 3.23. The van der Waals surface area contributed by atoms with Crippen LogP contribution in [0.15, 0.2) is 18.5 Å². The number of hydrogen-bond donors (Lipinski definition) is 0. The average molecular weight is 247 g/mol. The molecule has 1 saturated carbocycles. The molecule has 3 nitrogen and oxygen atoms in total. The molecular weight excluding hydrogens is 226 g/mol. The Morgan fingerprint density at radius 1 is 1.44 bits per heavy atom. The van der Waals surface area contributed by atoms with Crippen LogP contribution in [0.5, 0.6) is 0 Å². The quantitative estimate of drug-likeness (QED) is 0.750. The largest absolute Gasteiger partial charge is 0.466 e. The summed E-state index contributed by atoms with van der Waals surface area (Å²) in [4.78, 5) is 15.6. The summed E-state index contributed by atoms with van der Waals surface area (Å²) in [5.41, 5.74) is 2.62. The highest BCUT2D eigenvalue weighted by atomic mass is 16.5. The van der Waals surface area contributed by atoms with Gasteiger partial charge in [0.25, 0.3) is 0 Å². The third-order valence-electron chi connectivity index (χ3n) is 3.64. The van der Waals surface area contributed by atoms with Crippen molar-refractivity contribution in [3.8, 4) is 0 Å². The van der Waals surface area contributed by atoms with Crippen molar-refractivity contribution >= 4 is 5.97 Å². The SMILES string of the molecule is CCOC(=O)CCc1ccncc1C1CCCC1. The molecule has 0 amide bonds. The van der Waals surface area contributed by atoms with Crippen LogP contribution in [0.3, 0.4) is 0 Å². The number of hydrogen-bond acceptors (Lipinski definition) is 3. The minimum Gasteiger partial charge on any atom is -0.466 e. The van der Waals surface area contributed by atoms with Gasteiger partial charge in [-0.1, -0.05) is 12.8 Å². The van der Waals surface area contributed by atoms with Gasteiger partial charge in [-0.05, 0) is 49.3 Å². The maximum absolute atomic E-state index is 11.4. The van der Waals surface area contributed by atoms with Crippen LogP contribution < -0.4 is 0 Å². The van der Waals surface area contributed by atoms with Gasteiger partial charge in [-0.25, -0.2) is 0 Å². The Hall–Kier alpha value is -1.38. The predicted molar refractivity (Wildman–Crippen MR) is 70.4 cm³/mol. The van der Waals surface area contributed by atoms with Crippen LogP contribution in [0.4, 0.5) is 0 Å². The van der Waals surface area contributed by atoms with E-state index in [2.05, 4.69) is 4.98 Å². The lowest BCUT2D eigenvalue weighted by Gasteiger charge is -2.14. The number of nitrogens with zero attached hydrogens (tertiary/aromatic N) is 1. The highest BCUT2D eigenvalue weighted by Gasteiger charge is 2.20. The molecule has 0 radical (unpaired) electrons. The zero-order chi connectivity index (χ0) is 12.8. The summed E-state index contributed by atoms with van der Waals surface area (Å²) in [6.45, 7) is 2.30. The first kappa shape index (κ1) is 13.1. The molecular formula is C15H21NO2. The van der Waals surface area contributed by atoms with Gasteiger partial charge in [0.1, 0.15) is 0 Å². The molecule has 1 aromatic rings. The van der Waals surface area contributed by atoms with Crippen LogP contribution >= 0.6 is 0 Å². The third kappa shape index (κ3) is 3.31. The number of esters is 1. The molecule has 1 aliphatic rings. The summed E-state index contributed by atoms with van der Waals surface area (Å²) < 4.78 is 4.97. The second-order valence-corrected chi connectivity index (χ2v) is 4.86. The molecule has 3 heteroatoms. The van der Waals surface area contributed by atoms with E-state index < -0.39 is 0 Å². The smallest absolute Gasteiger partial charge is 0.306 e. The van der Waals surface area contributed by atoms with E-state index >= 15 is 0 Å². The van der Waals surface area contributed by atoms with E-state index in [1.54, 1.807) is 0 Å². The lowest BCUT2D eigenvalue weighted by molar-refractivity contribution is -0.143. The van der Waals surface area contributed by atoms with Gasteiger partial charge in [0.05, 0.1) is 6.61 Å². The highest BCUT2D eigenvalue weighted by molar-refractivity contribution is 5.69. The Morgan fingerprint density at radius 2 is 2.22 bits per heavy atom. The summed E-state index contributed by atoms with van der Waals surface area (Å²) in [6, 6.07) is 2.05. The highest BCUT2D eigenvalue weighted by Crippen LogP contribution is 2.35. The standard InChI is InChI=1S/C15H21NO2/c1-2-18-15(17)8-7-13-9-10-16-11-14(13)12-5-3-4-6-12/h9-12H,2-8H2,1H3. The summed E-state index contributed by atoms with van der Waals surface area (Å²) in [5, 5.41) is 0. The fourth-order valence-corrected chi connectivity index (χ4v) is 2.74. The Morgan fingerprint density at radius 3 is 2.94 bits per heavy atom. The second-order valence-electron chi connectivity index (χ2n) is 4.86. The van der Waals surface area contributed by atoms with Crippen molar-refractivity contribution in [2.45, 2.75) is 51.4 Å². The third-order valence-corrected chi connectivity index (χ3v) is 3.64. The molecule has 2 rings (SSSR count). The van der Waals surface area contributed by atoms with E-state index in [-0.39, 0.29) is 5.97 Å². The molecule has 1 aliphatic carbocycles. The Kier molecular flexibility index (Phi) is 4.73. The lowest BCUT2D eigenvalue weighted by Crippen LogP contribution is -2.07. The van der Waals surface area contributed by atoms with Crippen molar-refractivity contribution in [1.29, 1.82) is 0 Å². The van der Waals surface area contributed by atoms with Crippen LogP contribution in [0.25, 0.3) is 0 Å². The Labute approximate surface area is 109 Å². The average Bonchev–Trinajstić information content (AvgIpc) is 2.91. The first-order valence-corrected chi connectivity index (χ1v) is 6.89. The van der Waals surface area contributed by atoms with E-state index in [0.717, 1.165) is 6.42 Å². The van der Waals surface area contributed by atoms with Crippen molar-refractivity contribution in [2.75, 3.05) is 6.61 Å². The second kappa shape index (κ2) is 6.53. The molecule has 0 saturated heterocycles. The van der Waals surface area contributed by atoms with Crippen LogP contribution in [-0.4, -0.2) is 17.6 Å². The summed E-state index contributed by atoms with van der Waals surface area (Å²) >= 11 is 0. The number of aromatic nitrogens is 1. The Balaban J connectivity index is 2.00. The molecule has 0 atom stereocenters. The van der Waals surface area contributed by atoms with Crippen LogP contribution in [-0.2, 0) is 16.0 Å². The minimum atomic E-state index is -0.105. The van der Waals surface area contributed by atoms with Gasteiger partial charge in [0.2, 0.25) is 0 Å². The molecule has 98 valence electrons. The van der Waals surface area contributed by atoms with E-state index in [1.165, 1.54) is 36.8 Å². The number of ether oxygens (including phenoxy) is 1. The van der Waals surface area contributed by atoms with Gasteiger partial charge in [0, 0.05) is 18.8 Å². The molecule has 0 aromatic carbocycles. The maximum atomic E-state index is 11.4. The molecule has 1 heterocycles. The fraction of sp³-hybridized carbons (Fsp3) is 0.600. The van der Waals surface area contributed by atoms with Crippen molar-refractivity contribution in [3.63, 3.8) is 0 Å². The molecule has 1 aromatic heterocycles. The summed E-state index contributed by atoms with van der Waals surface area (Å²) in [6.07, 6.45) is 10.2. The number of rotatable bonds is 5. The van der Waals surface area contributed by atoms with E-state index in [4.69, 9.17) is 4.74 Å². The molecule has 0 aliphatic heterocycles. The first-order chi connectivity index (χ1) is 8.81. The van der Waals surface area contributed by atoms with E-state index in [1.807, 2.05) is 25.4 Å². The van der Waals surface area contributed by atoms with Crippen molar-refractivity contribution < 1.29 is 9.53 Å². The maximum Gasteiger partial charge on any atom is 0.306 e. The monoisotopic (exact) mass is 247 g/mol. The topological polar surface area (TPSA) is 39.2 Å². The van der Waals surface area contributed by atoms with Gasteiger partial charge in [0.15, 0.2) is 0 Å². The number of carbonyl (C=O) groups excluding carboxylic acids is 1. The molecule has 0 unspecified atom stereocenters. The number of carbonyl (C=O) groups is 1. The molecule has 18 heavy (non-hydrogen) atoms. The molecule has 1 fully saturated rings. The van der Waals surface area contributed by atoms with Crippen LogP contribution in [0.2, 0.25) is 0 Å². The van der Waals surface area contributed by atoms with Crippen LogP contribution in [0.1, 0.15) is 56.1 Å². The number of pyridine rings is 1. The number of aryl methyl sites for hydroxylation is 1. The van der Waals surface area contributed by atoms with Gasteiger partial charge < -0.3 is 4.74 Å². The van der Waals surface area contributed by atoms with E-state index in [0.29, 0.717) is 18.9 Å². The molecule has 0 bridgehead atoms.